The molecule has 0 aliphatic rings. The summed E-state index contributed by atoms with van der Waals surface area (Å²) in [7, 11) is 3.05. The third-order valence-electron chi connectivity index (χ3n) is 2.85. The van der Waals surface area contributed by atoms with E-state index < -0.39 is 5.97 Å². The van der Waals surface area contributed by atoms with Crippen molar-refractivity contribution in [1.82, 2.24) is 9.78 Å². The van der Waals surface area contributed by atoms with Gasteiger partial charge in [0.2, 0.25) is 0 Å². The van der Waals surface area contributed by atoms with Gasteiger partial charge in [0.15, 0.2) is 5.69 Å². The molecule has 1 aromatic heterocycles. The Morgan fingerprint density at radius 2 is 2.05 bits per heavy atom. The van der Waals surface area contributed by atoms with Crippen molar-refractivity contribution in [3.63, 3.8) is 0 Å². The number of rotatable bonds is 3. The van der Waals surface area contributed by atoms with Gasteiger partial charge in [-0.1, -0.05) is 6.07 Å². The molecule has 0 bridgehead atoms. The molecule has 0 aliphatic heterocycles. The molecule has 0 fully saturated rings. The molecular formula is C14H15N3O3. The zero-order valence-corrected chi connectivity index (χ0v) is 11.5. The van der Waals surface area contributed by atoms with E-state index in [1.807, 2.05) is 6.92 Å². The fourth-order valence-corrected chi connectivity index (χ4v) is 1.72. The van der Waals surface area contributed by atoms with E-state index in [-0.39, 0.29) is 5.91 Å². The van der Waals surface area contributed by atoms with E-state index in [1.165, 1.54) is 7.11 Å². The van der Waals surface area contributed by atoms with Gasteiger partial charge in [-0.15, -0.1) is 0 Å². The van der Waals surface area contributed by atoms with Gasteiger partial charge in [0.25, 0.3) is 5.91 Å². The Hall–Kier alpha value is -2.63. The van der Waals surface area contributed by atoms with E-state index >= 15 is 0 Å². The molecule has 1 amide bonds. The molecule has 0 saturated heterocycles. The van der Waals surface area contributed by atoms with Gasteiger partial charge in [-0.05, 0) is 30.7 Å². The van der Waals surface area contributed by atoms with Crippen molar-refractivity contribution in [3.8, 4) is 0 Å². The van der Waals surface area contributed by atoms with Crippen molar-refractivity contribution in [3.05, 3.63) is 47.3 Å². The highest BCUT2D eigenvalue weighted by atomic mass is 16.5. The lowest BCUT2D eigenvalue weighted by Crippen LogP contribution is -2.14. The summed E-state index contributed by atoms with van der Waals surface area (Å²) in [6.07, 6.45) is 1.69. The number of ether oxygens (including phenoxy) is 1. The van der Waals surface area contributed by atoms with E-state index in [4.69, 9.17) is 0 Å². The first-order valence-electron chi connectivity index (χ1n) is 6.01. The van der Waals surface area contributed by atoms with Gasteiger partial charge in [0, 0.05) is 18.9 Å². The molecule has 2 aromatic rings. The van der Waals surface area contributed by atoms with Gasteiger partial charge in [0.05, 0.1) is 12.7 Å². The first-order valence-corrected chi connectivity index (χ1v) is 6.01. The number of aryl methyl sites for hydroxylation is 2. The minimum atomic E-state index is -0.446. The van der Waals surface area contributed by atoms with E-state index in [0.29, 0.717) is 16.9 Å². The first-order chi connectivity index (χ1) is 9.51. The van der Waals surface area contributed by atoms with Gasteiger partial charge in [-0.25, -0.2) is 4.79 Å². The number of anilines is 1. The van der Waals surface area contributed by atoms with Crippen LogP contribution in [0.3, 0.4) is 0 Å². The number of nitrogens with zero attached hydrogens (tertiary/aromatic N) is 2. The molecule has 0 atom stereocenters. The Bertz CT molecular complexity index is 661. The summed E-state index contributed by atoms with van der Waals surface area (Å²) < 4.78 is 6.21. The Labute approximate surface area is 116 Å². The van der Waals surface area contributed by atoms with Crippen LogP contribution in [0.25, 0.3) is 0 Å². The summed E-state index contributed by atoms with van der Waals surface area (Å²) in [5.74, 6) is -0.769. The normalized spacial score (nSPS) is 10.2. The van der Waals surface area contributed by atoms with Crippen molar-refractivity contribution in [2.75, 3.05) is 12.4 Å². The monoisotopic (exact) mass is 273 g/mol. The van der Waals surface area contributed by atoms with Crippen LogP contribution in [0.15, 0.2) is 30.5 Å². The molecule has 2 rings (SSSR count). The second kappa shape index (κ2) is 5.56. The highest BCUT2D eigenvalue weighted by Gasteiger charge is 2.13. The number of nitrogens with one attached hydrogen (secondary N) is 1. The largest absolute Gasteiger partial charge is 0.465 e. The summed E-state index contributed by atoms with van der Waals surface area (Å²) in [6, 6.07) is 6.61. The van der Waals surface area contributed by atoms with E-state index in [2.05, 4.69) is 15.2 Å². The molecule has 0 spiro atoms. The van der Waals surface area contributed by atoms with Gasteiger partial charge >= 0.3 is 5.97 Å². The molecule has 104 valence electrons. The maximum Gasteiger partial charge on any atom is 0.337 e. The predicted octanol–water partition coefficient (Wildman–Crippen LogP) is 1.77. The fraction of sp³-hybridized carbons (Fsp3) is 0.214. The number of hydrogen-bond acceptors (Lipinski definition) is 4. The first kappa shape index (κ1) is 13.8. The Balaban J connectivity index is 2.24. The van der Waals surface area contributed by atoms with Gasteiger partial charge < -0.3 is 10.1 Å². The van der Waals surface area contributed by atoms with Crippen LogP contribution in [0.1, 0.15) is 26.4 Å². The van der Waals surface area contributed by atoms with Crippen LogP contribution in [0.5, 0.6) is 0 Å². The summed E-state index contributed by atoms with van der Waals surface area (Å²) in [6.45, 7) is 1.84. The average molecular weight is 273 g/mol. The number of benzene rings is 1. The van der Waals surface area contributed by atoms with Crippen LogP contribution < -0.4 is 5.32 Å². The fourth-order valence-electron chi connectivity index (χ4n) is 1.72. The zero-order valence-electron chi connectivity index (χ0n) is 11.5. The number of carbonyl (C=O) groups is 2. The number of methoxy groups -OCH3 is 1. The predicted molar refractivity (Wildman–Crippen MR) is 73.7 cm³/mol. The minimum absolute atomic E-state index is 0.315. The second-order valence-corrected chi connectivity index (χ2v) is 4.35. The third-order valence-corrected chi connectivity index (χ3v) is 2.85. The van der Waals surface area contributed by atoms with Crippen LogP contribution in [0.4, 0.5) is 5.69 Å². The summed E-state index contributed by atoms with van der Waals surface area (Å²) >= 11 is 0. The standard InChI is InChI=1S/C14H15N3O3/c1-9-4-5-10(14(19)20-3)8-12(9)15-13(18)11-6-7-17(2)16-11/h4-8H,1-3H3,(H,15,18). The number of carbonyl (C=O) groups excluding carboxylic acids is 2. The smallest absolute Gasteiger partial charge is 0.337 e. The Kier molecular flexibility index (Phi) is 3.84. The van der Waals surface area contributed by atoms with Gasteiger partial charge in [0.1, 0.15) is 0 Å². The minimum Gasteiger partial charge on any atom is -0.465 e. The molecule has 1 aromatic carbocycles. The maximum atomic E-state index is 12.0. The second-order valence-electron chi connectivity index (χ2n) is 4.35. The number of esters is 1. The van der Waals surface area contributed by atoms with Gasteiger partial charge in [-0.3, -0.25) is 9.48 Å². The molecule has 20 heavy (non-hydrogen) atoms. The molecular weight excluding hydrogens is 258 g/mol. The molecule has 0 radical (unpaired) electrons. The van der Waals surface area contributed by atoms with Crippen molar-refractivity contribution in [2.45, 2.75) is 6.92 Å². The van der Waals surface area contributed by atoms with Gasteiger partial charge in [-0.2, -0.15) is 5.10 Å². The highest BCUT2D eigenvalue weighted by Crippen LogP contribution is 2.18. The molecule has 0 unspecified atom stereocenters. The van der Waals surface area contributed by atoms with Crippen LogP contribution in [0.2, 0.25) is 0 Å². The maximum absolute atomic E-state index is 12.0. The number of aromatic nitrogens is 2. The number of amides is 1. The Morgan fingerprint density at radius 1 is 1.30 bits per heavy atom. The third kappa shape index (κ3) is 2.85. The average Bonchev–Trinajstić information content (AvgIpc) is 2.87. The molecule has 1 N–H and O–H groups in total. The summed E-state index contributed by atoms with van der Waals surface area (Å²) in [5, 5.41) is 6.76. The van der Waals surface area contributed by atoms with Crippen LogP contribution in [-0.2, 0) is 11.8 Å². The van der Waals surface area contributed by atoms with E-state index in [9.17, 15) is 9.59 Å². The molecule has 6 nitrogen and oxygen atoms in total. The van der Waals surface area contributed by atoms with Crippen molar-refractivity contribution < 1.29 is 14.3 Å². The highest BCUT2D eigenvalue weighted by molar-refractivity contribution is 6.04. The van der Waals surface area contributed by atoms with Crippen LogP contribution in [0, 0.1) is 6.92 Å². The molecule has 0 saturated carbocycles. The lowest BCUT2D eigenvalue weighted by atomic mass is 10.1. The number of hydrogen-bond donors (Lipinski definition) is 1. The Morgan fingerprint density at radius 3 is 2.65 bits per heavy atom. The van der Waals surface area contributed by atoms with E-state index in [1.54, 1.807) is 42.2 Å². The van der Waals surface area contributed by atoms with E-state index in [0.717, 1.165) is 5.56 Å². The quantitative estimate of drug-likeness (QED) is 0.865. The molecule has 6 heteroatoms. The van der Waals surface area contributed by atoms with Crippen LogP contribution >= 0.6 is 0 Å². The SMILES string of the molecule is COC(=O)c1ccc(C)c(NC(=O)c2ccn(C)n2)c1. The zero-order chi connectivity index (χ0) is 14.7. The lowest BCUT2D eigenvalue weighted by molar-refractivity contribution is 0.0600. The molecule has 0 aliphatic carbocycles. The molecule has 1 heterocycles. The summed E-state index contributed by atoms with van der Waals surface area (Å²) in [5.41, 5.74) is 2.11. The lowest BCUT2D eigenvalue weighted by Gasteiger charge is -2.09. The van der Waals surface area contributed by atoms with Crippen molar-refractivity contribution in [1.29, 1.82) is 0 Å². The van der Waals surface area contributed by atoms with Crippen LogP contribution in [-0.4, -0.2) is 28.8 Å². The topological polar surface area (TPSA) is 73.2 Å². The van der Waals surface area contributed by atoms with Crippen molar-refractivity contribution >= 4 is 17.6 Å². The van der Waals surface area contributed by atoms with Crippen molar-refractivity contribution in [2.24, 2.45) is 7.05 Å². The summed E-state index contributed by atoms with van der Waals surface area (Å²) in [4.78, 5) is 23.5.